The van der Waals surface area contributed by atoms with Gasteiger partial charge in [-0.2, -0.15) is 0 Å². The number of rotatable bonds is 4. The van der Waals surface area contributed by atoms with Gasteiger partial charge in [-0.1, -0.05) is 31.9 Å². The highest BCUT2D eigenvalue weighted by molar-refractivity contribution is 5.56. The van der Waals surface area contributed by atoms with Crippen molar-refractivity contribution in [1.82, 2.24) is 0 Å². The Balaban J connectivity index is 1.50. The zero-order valence-electron chi connectivity index (χ0n) is 18.0. The molecule has 3 heteroatoms. The van der Waals surface area contributed by atoms with Crippen LogP contribution in [0.1, 0.15) is 60.5 Å². The minimum absolute atomic E-state index is 0.0654. The van der Waals surface area contributed by atoms with Crippen LogP contribution in [0.4, 0.5) is 5.69 Å². The molecule has 2 aromatic rings. The van der Waals surface area contributed by atoms with E-state index in [2.05, 4.69) is 74.5 Å². The molecule has 30 heavy (non-hydrogen) atoms. The van der Waals surface area contributed by atoms with E-state index in [1.54, 1.807) is 0 Å². The van der Waals surface area contributed by atoms with Crippen molar-refractivity contribution < 1.29 is 4.74 Å². The molecule has 1 saturated carbocycles. The molecule has 1 fully saturated rings. The van der Waals surface area contributed by atoms with Gasteiger partial charge in [0.1, 0.15) is 6.10 Å². The van der Waals surface area contributed by atoms with E-state index in [1.807, 2.05) is 0 Å². The predicted octanol–water partition coefficient (Wildman–Crippen LogP) is 5.19. The van der Waals surface area contributed by atoms with Crippen molar-refractivity contribution in [3.63, 3.8) is 0 Å². The molecule has 1 aliphatic heterocycles. The average molecular weight is 399 g/mol. The number of anilines is 1. The van der Waals surface area contributed by atoms with Gasteiger partial charge in [-0.15, -0.1) is 6.42 Å². The van der Waals surface area contributed by atoms with Crippen LogP contribution in [0.5, 0.6) is 0 Å². The average Bonchev–Trinajstić information content (AvgIpc) is 3.41. The first-order valence-electron chi connectivity index (χ1n) is 11.0. The Hall–Kier alpha value is -2.86. The van der Waals surface area contributed by atoms with E-state index < -0.39 is 0 Å². The van der Waals surface area contributed by atoms with Crippen LogP contribution in [0.15, 0.2) is 48.4 Å². The van der Waals surface area contributed by atoms with Crippen molar-refractivity contribution in [2.45, 2.75) is 57.6 Å². The van der Waals surface area contributed by atoms with Gasteiger partial charge in [0, 0.05) is 22.6 Å². The topological polar surface area (TPSA) is 47.3 Å². The van der Waals surface area contributed by atoms with E-state index in [0.29, 0.717) is 23.8 Å². The third-order valence-corrected chi connectivity index (χ3v) is 7.40. The molecule has 0 bridgehead atoms. The lowest BCUT2D eigenvalue weighted by Gasteiger charge is -2.40. The quantitative estimate of drug-likeness (QED) is 0.697. The van der Waals surface area contributed by atoms with Gasteiger partial charge in [0.15, 0.2) is 5.88 Å². The fraction of sp³-hybridized carbons (Fsp3) is 0.407. The Labute approximate surface area is 179 Å². The summed E-state index contributed by atoms with van der Waals surface area (Å²) in [7, 11) is 0. The van der Waals surface area contributed by atoms with E-state index in [4.69, 9.17) is 16.9 Å². The summed E-state index contributed by atoms with van der Waals surface area (Å²) in [5, 5.41) is 3.80. The molecule has 3 N–H and O–H groups in total. The number of hydrogen-bond donors (Lipinski definition) is 2. The molecule has 154 valence electrons. The number of allylic oxidation sites excluding steroid dienone is 1. The number of terminal acetylenes is 1. The molecule has 0 radical (unpaired) electrons. The molecule has 5 rings (SSSR count). The number of ether oxygens (including phenoxy) is 1. The third-order valence-electron chi connectivity index (χ3n) is 7.40. The van der Waals surface area contributed by atoms with Gasteiger partial charge in [0.05, 0.1) is 6.04 Å². The number of hydrogen-bond acceptors (Lipinski definition) is 3. The van der Waals surface area contributed by atoms with Gasteiger partial charge in [-0.25, -0.2) is 0 Å². The maximum atomic E-state index is 6.21. The van der Waals surface area contributed by atoms with Crippen LogP contribution in [-0.4, -0.2) is 6.10 Å². The Morgan fingerprint density at radius 3 is 2.83 bits per heavy atom. The largest absolute Gasteiger partial charge is 0.476 e. The predicted molar refractivity (Wildman–Crippen MR) is 122 cm³/mol. The van der Waals surface area contributed by atoms with E-state index in [9.17, 15) is 0 Å². The molecular formula is C27H30N2O. The molecule has 1 heterocycles. The van der Waals surface area contributed by atoms with Gasteiger partial charge in [0.25, 0.3) is 0 Å². The molecular weight excluding hydrogens is 368 g/mol. The lowest BCUT2D eigenvalue weighted by molar-refractivity contribution is 0.128. The highest BCUT2D eigenvalue weighted by Crippen LogP contribution is 2.58. The van der Waals surface area contributed by atoms with Crippen LogP contribution in [0.3, 0.4) is 0 Å². The normalized spacial score (nSPS) is 28.8. The molecule has 0 amide bonds. The Kier molecular flexibility index (Phi) is 4.36. The van der Waals surface area contributed by atoms with Crippen LogP contribution >= 0.6 is 0 Å². The maximum Gasteiger partial charge on any atom is 0.181 e. The van der Waals surface area contributed by atoms with E-state index in [0.717, 1.165) is 24.8 Å². The number of fused-ring (bicyclic) bond motifs is 2. The fourth-order valence-corrected chi connectivity index (χ4v) is 5.78. The first kappa shape index (κ1) is 19.1. The summed E-state index contributed by atoms with van der Waals surface area (Å²) in [6, 6.07) is 13.5. The summed E-state index contributed by atoms with van der Waals surface area (Å²) in [4.78, 5) is 0. The van der Waals surface area contributed by atoms with Gasteiger partial charge in [-0.3, -0.25) is 0 Å². The summed E-state index contributed by atoms with van der Waals surface area (Å²) in [5.41, 5.74) is 13.7. The van der Waals surface area contributed by atoms with Crippen LogP contribution in [-0.2, 0) is 16.6 Å². The molecule has 2 aromatic carbocycles. The SMILES string of the molecule is C#Cc1ccc2c(c1)CC[C@@H]2Nc1ccc(C)c([C@@]2(C(C)C)C=C(N)O[C@@H]3C[C@@H]32)c1. The third kappa shape index (κ3) is 2.89. The van der Waals surface area contributed by atoms with Gasteiger partial charge in [0.2, 0.25) is 0 Å². The van der Waals surface area contributed by atoms with Gasteiger partial charge >= 0.3 is 0 Å². The Morgan fingerprint density at radius 2 is 2.07 bits per heavy atom. The van der Waals surface area contributed by atoms with Crippen molar-refractivity contribution in [2.24, 2.45) is 17.6 Å². The number of benzene rings is 2. The first-order valence-corrected chi connectivity index (χ1v) is 11.0. The Bertz CT molecular complexity index is 1080. The molecule has 3 aliphatic rings. The number of aryl methyl sites for hydroxylation is 2. The van der Waals surface area contributed by atoms with Crippen molar-refractivity contribution in [2.75, 3.05) is 5.32 Å². The second-order valence-corrected chi connectivity index (χ2v) is 9.46. The van der Waals surface area contributed by atoms with E-state index >= 15 is 0 Å². The lowest BCUT2D eigenvalue weighted by atomic mass is 9.66. The van der Waals surface area contributed by atoms with Crippen molar-refractivity contribution in [3.8, 4) is 12.3 Å². The van der Waals surface area contributed by atoms with E-state index in [1.165, 1.54) is 27.9 Å². The minimum atomic E-state index is -0.0654. The van der Waals surface area contributed by atoms with E-state index in [-0.39, 0.29) is 11.5 Å². The summed E-state index contributed by atoms with van der Waals surface area (Å²) in [5.74, 6) is 4.28. The van der Waals surface area contributed by atoms with Crippen molar-refractivity contribution in [3.05, 3.63) is 76.2 Å². The van der Waals surface area contributed by atoms with Crippen LogP contribution in [0.2, 0.25) is 0 Å². The summed E-state index contributed by atoms with van der Waals surface area (Å²) < 4.78 is 5.83. The molecule has 3 nitrogen and oxygen atoms in total. The van der Waals surface area contributed by atoms with Gasteiger partial charge < -0.3 is 15.8 Å². The first-order chi connectivity index (χ1) is 14.4. The standard InChI is InChI=1S/C27H30N2O/c1-5-18-7-10-21-19(12-18)8-11-24(21)29-20-9-6-17(4)22(13-20)27(16(2)3)15-26(28)30-25-14-23(25)27/h1,6-7,9-10,12-13,15-16,23-25,29H,8,11,14,28H2,2-4H3/t23-,24-,25+,27-/m0/s1. The molecule has 0 spiro atoms. The second-order valence-electron chi connectivity index (χ2n) is 9.46. The molecule has 0 saturated heterocycles. The minimum Gasteiger partial charge on any atom is -0.476 e. The monoisotopic (exact) mass is 398 g/mol. The van der Waals surface area contributed by atoms with Crippen LogP contribution < -0.4 is 11.1 Å². The smallest absolute Gasteiger partial charge is 0.181 e. The Morgan fingerprint density at radius 1 is 1.23 bits per heavy atom. The zero-order chi connectivity index (χ0) is 21.0. The lowest BCUT2D eigenvalue weighted by Crippen LogP contribution is -2.39. The maximum absolute atomic E-state index is 6.21. The van der Waals surface area contributed by atoms with Crippen LogP contribution in [0.25, 0.3) is 0 Å². The van der Waals surface area contributed by atoms with Crippen molar-refractivity contribution >= 4 is 5.69 Å². The molecule has 0 unspecified atom stereocenters. The van der Waals surface area contributed by atoms with Gasteiger partial charge in [-0.05, 0) is 84.7 Å². The fourth-order valence-electron chi connectivity index (χ4n) is 5.78. The summed E-state index contributed by atoms with van der Waals surface area (Å²) >= 11 is 0. The van der Waals surface area contributed by atoms with Crippen molar-refractivity contribution in [1.29, 1.82) is 0 Å². The number of nitrogens with one attached hydrogen (secondary N) is 1. The second kappa shape index (κ2) is 6.84. The zero-order valence-corrected chi connectivity index (χ0v) is 18.0. The molecule has 4 atom stereocenters. The summed E-state index contributed by atoms with van der Waals surface area (Å²) in [6.45, 7) is 6.83. The molecule has 2 aliphatic carbocycles. The number of nitrogens with two attached hydrogens (primary N) is 1. The molecule has 0 aromatic heterocycles. The van der Waals surface area contributed by atoms with Crippen LogP contribution in [0, 0.1) is 31.1 Å². The highest BCUT2D eigenvalue weighted by Gasteiger charge is 2.58. The summed E-state index contributed by atoms with van der Waals surface area (Å²) in [6.07, 6.45) is 11.3. The highest BCUT2D eigenvalue weighted by atomic mass is 16.5.